The molecule has 1 aromatic rings. The van der Waals surface area contributed by atoms with Crippen molar-refractivity contribution in [3.05, 3.63) is 12.2 Å². The van der Waals surface area contributed by atoms with Gasteiger partial charge < -0.3 is 5.32 Å². The Morgan fingerprint density at radius 3 is 2.67 bits per heavy atom. The van der Waals surface area contributed by atoms with E-state index in [2.05, 4.69) is 33.9 Å². The topological polar surface area (TPSA) is 42.7 Å². The molecule has 0 saturated heterocycles. The van der Waals surface area contributed by atoms with Gasteiger partial charge in [-0.25, -0.2) is 9.67 Å². The molecule has 0 spiro atoms. The molecule has 0 bridgehead atoms. The molecule has 1 aromatic heterocycles. The molecule has 1 saturated carbocycles. The number of nitrogens with zero attached hydrogens (tertiary/aromatic N) is 3. The van der Waals surface area contributed by atoms with Crippen LogP contribution in [0, 0.1) is 5.92 Å². The van der Waals surface area contributed by atoms with Crippen LogP contribution in [0.2, 0.25) is 0 Å². The summed E-state index contributed by atoms with van der Waals surface area (Å²) in [5.41, 5.74) is 0. The molecule has 0 aromatic carbocycles. The lowest BCUT2D eigenvalue weighted by molar-refractivity contribution is 0.384. The highest BCUT2D eigenvalue weighted by Gasteiger charge is 2.17. The normalized spacial score (nSPS) is 18.2. The van der Waals surface area contributed by atoms with Crippen molar-refractivity contribution < 1.29 is 0 Å². The van der Waals surface area contributed by atoms with Crippen LogP contribution in [0.25, 0.3) is 0 Å². The molecule has 4 nitrogen and oxygen atoms in total. The smallest absolute Gasteiger partial charge is 0.141 e. The van der Waals surface area contributed by atoms with Crippen LogP contribution in [0.15, 0.2) is 6.33 Å². The molecule has 0 radical (unpaired) electrons. The van der Waals surface area contributed by atoms with Gasteiger partial charge in [0, 0.05) is 0 Å². The Kier molecular flexibility index (Phi) is 5.17. The molecule has 1 aliphatic rings. The van der Waals surface area contributed by atoms with E-state index in [-0.39, 0.29) is 0 Å². The molecule has 1 N–H and O–H groups in total. The van der Waals surface area contributed by atoms with Gasteiger partial charge in [-0.2, -0.15) is 5.10 Å². The van der Waals surface area contributed by atoms with Crippen molar-refractivity contribution >= 4 is 0 Å². The van der Waals surface area contributed by atoms with Crippen molar-refractivity contribution in [3.8, 4) is 0 Å². The van der Waals surface area contributed by atoms with E-state index in [0.717, 1.165) is 18.9 Å². The van der Waals surface area contributed by atoms with E-state index in [0.29, 0.717) is 12.0 Å². The van der Waals surface area contributed by atoms with Crippen molar-refractivity contribution in [2.75, 3.05) is 6.54 Å². The lowest BCUT2D eigenvalue weighted by atomic mass is 10.1. The highest BCUT2D eigenvalue weighted by atomic mass is 15.4. The third-order valence-electron chi connectivity index (χ3n) is 3.65. The van der Waals surface area contributed by atoms with Gasteiger partial charge in [0.15, 0.2) is 0 Å². The predicted molar refractivity (Wildman–Crippen MR) is 73.3 cm³/mol. The zero-order chi connectivity index (χ0) is 12.8. The Bertz CT molecular complexity index is 337. The van der Waals surface area contributed by atoms with Crippen molar-refractivity contribution in [2.45, 2.75) is 65.0 Å². The minimum atomic E-state index is 0.575. The van der Waals surface area contributed by atoms with Gasteiger partial charge in [-0.3, -0.25) is 0 Å². The molecule has 0 unspecified atom stereocenters. The summed E-state index contributed by atoms with van der Waals surface area (Å²) in [5.74, 6) is 1.78. The maximum absolute atomic E-state index is 4.44. The fourth-order valence-corrected chi connectivity index (χ4v) is 2.68. The van der Waals surface area contributed by atoms with Crippen LogP contribution in [0.3, 0.4) is 0 Å². The van der Waals surface area contributed by atoms with E-state index in [1.54, 1.807) is 6.33 Å². The van der Waals surface area contributed by atoms with E-state index < -0.39 is 0 Å². The lowest BCUT2D eigenvalue weighted by Gasteiger charge is -2.17. The number of nitrogens with one attached hydrogen (secondary N) is 1. The molecule has 2 rings (SSSR count). The largest absolute Gasteiger partial charge is 0.310 e. The average molecular weight is 250 g/mol. The van der Waals surface area contributed by atoms with E-state index in [1.165, 1.54) is 38.5 Å². The Balaban J connectivity index is 1.93. The average Bonchev–Trinajstić information content (AvgIpc) is 2.63. The highest BCUT2D eigenvalue weighted by molar-refractivity contribution is 4.88. The highest BCUT2D eigenvalue weighted by Crippen LogP contribution is 2.26. The van der Waals surface area contributed by atoms with Gasteiger partial charge in [0.1, 0.15) is 12.2 Å². The van der Waals surface area contributed by atoms with Gasteiger partial charge in [0.2, 0.25) is 0 Å². The molecule has 1 fully saturated rings. The van der Waals surface area contributed by atoms with Crippen LogP contribution in [-0.2, 0) is 6.54 Å². The third kappa shape index (κ3) is 3.80. The van der Waals surface area contributed by atoms with Crippen LogP contribution in [0.1, 0.15) is 64.2 Å². The Hall–Kier alpha value is -0.900. The first-order chi connectivity index (χ1) is 8.77. The summed E-state index contributed by atoms with van der Waals surface area (Å²) in [6, 6.07) is 0.575. The summed E-state index contributed by atoms with van der Waals surface area (Å²) < 4.78 is 2.17. The van der Waals surface area contributed by atoms with Crippen molar-refractivity contribution in [1.82, 2.24) is 20.1 Å². The molecule has 4 heteroatoms. The predicted octanol–water partition coefficient (Wildman–Crippen LogP) is 2.92. The van der Waals surface area contributed by atoms with Crippen LogP contribution in [-0.4, -0.2) is 21.3 Å². The molecule has 102 valence electrons. The second-order valence-corrected chi connectivity index (χ2v) is 5.79. The second kappa shape index (κ2) is 6.88. The van der Waals surface area contributed by atoms with Crippen LogP contribution < -0.4 is 5.32 Å². The second-order valence-electron chi connectivity index (χ2n) is 5.79. The van der Waals surface area contributed by atoms with Crippen molar-refractivity contribution in [2.24, 2.45) is 5.92 Å². The van der Waals surface area contributed by atoms with Gasteiger partial charge in [-0.05, 0) is 25.3 Å². The lowest BCUT2D eigenvalue weighted by Crippen LogP contribution is -2.23. The first kappa shape index (κ1) is 13.5. The number of aromatic nitrogens is 3. The molecule has 18 heavy (non-hydrogen) atoms. The van der Waals surface area contributed by atoms with E-state index >= 15 is 0 Å². The SMILES string of the molecule is CC(C)CNCc1ncnn1C1CCCCCC1. The van der Waals surface area contributed by atoms with Crippen LogP contribution in [0.5, 0.6) is 0 Å². The molecular formula is C14H26N4. The molecule has 1 aliphatic carbocycles. The standard InChI is InChI=1S/C14H26N4/c1-12(2)9-15-10-14-16-11-17-18(14)13-7-5-3-4-6-8-13/h11-13,15H,3-10H2,1-2H3. The molecule has 0 aliphatic heterocycles. The van der Waals surface area contributed by atoms with Crippen molar-refractivity contribution in [1.29, 1.82) is 0 Å². The zero-order valence-corrected chi connectivity index (χ0v) is 11.7. The first-order valence-electron chi connectivity index (χ1n) is 7.36. The fraction of sp³-hybridized carbons (Fsp3) is 0.857. The van der Waals surface area contributed by atoms with Crippen LogP contribution in [0.4, 0.5) is 0 Å². The summed E-state index contributed by atoms with van der Waals surface area (Å²) in [6.07, 6.45) is 9.67. The summed E-state index contributed by atoms with van der Waals surface area (Å²) in [7, 11) is 0. The van der Waals surface area contributed by atoms with Gasteiger partial charge in [0.25, 0.3) is 0 Å². The van der Waals surface area contributed by atoms with Gasteiger partial charge >= 0.3 is 0 Å². The maximum atomic E-state index is 4.44. The van der Waals surface area contributed by atoms with Crippen molar-refractivity contribution in [3.63, 3.8) is 0 Å². The zero-order valence-electron chi connectivity index (χ0n) is 11.7. The molecular weight excluding hydrogens is 224 g/mol. The quantitative estimate of drug-likeness (QED) is 0.817. The van der Waals surface area contributed by atoms with Gasteiger partial charge in [-0.1, -0.05) is 39.5 Å². The number of rotatable bonds is 5. The maximum Gasteiger partial charge on any atom is 0.141 e. The minimum Gasteiger partial charge on any atom is -0.310 e. The van der Waals surface area contributed by atoms with E-state index in [9.17, 15) is 0 Å². The number of hydrogen-bond donors (Lipinski definition) is 1. The van der Waals surface area contributed by atoms with E-state index in [4.69, 9.17) is 0 Å². The van der Waals surface area contributed by atoms with Gasteiger partial charge in [0.05, 0.1) is 12.6 Å². The number of hydrogen-bond acceptors (Lipinski definition) is 3. The monoisotopic (exact) mass is 250 g/mol. The Morgan fingerprint density at radius 1 is 1.28 bits per heavy atom. The summed E-state index contributed by atoms with van der Waals surface area (Å²) in [4.78, 5) is 4.41. The third-order valence-corrected chi connectivity index (χ3v) is 3.65. The van der Waals surface area contributed by atoms with Crippen LogP contribution >= 0.6 is 0 Å². The summed E-state index contributed by atoms with van der Waals surface area (Å²) in [6.45, 7) is 6.33. The minimum absolute atomic E-state index is 0.575. The van der Waals surface area contributed by atoms with Gasteiger partial charge in [-0.15, -0.1) is 0 Å². The molecule has 1 heterocycles. The summed E-state index contributed by atoms with van der Waals surface area (Å²) >= 11 is 0. The Morgan fingerprint density at radius 2 is 2.00 bits per heavy atom. The molecule has 0 atom stereocenters. The van der Waals surface area contributed by atoms with E-state index in [1.807, 2.05) is 0 Å². The Labute approximate surface area is 110 Å². The molecule has 0 amide bonds. The fourth-order valence-electron chi connectivity index (χ4n) is 2.68. The summed E-state index contributed by atoms with van der Waals surface area (Å²) in [5, 5.41) is 7.90. The first-order valence-corrected chi connectivity index (χ1v) is 7.36.